The number of nitrogens with zero attached hydrogens (tertiary/aromatic N) is 4. The topological polar surface area (TPSA) is 54.0 Å². The van der Waals surface area contributed by atoms with Gasteiger partial charge < -0.3 is 0 Å². The van der Waals surface area contributed by atoms with Crippen molar-refractivity contribution in [2.75, 3.05) is 6.54 Å². The lowest BCUT2D eigenvalue weighted by molar-refractivity contribution is 0.729. The van der Waals surface area contributed by atoms with Crippen LogP contribution < -0.4 is 5.43 Å². The van der Waals surface area contributed by atoms with E-state index >= 15 is 0 Å². The smallest absolute Gasteiger partial charge is 0.194 e. The summed E-state index contributed by atoms with van der Waals surface area (Å²) in [5, 5.41) is 6.47. The van der Waals surface area contributed by atoms with Gasteiger partial charge in [0.25, 0.3) is 0 Å². The molecule has 24 heavy (non-hydrogen) atoms. The molecule has 1 aromatic carbocycles. The summed E-state index contributed by atoms with van der Waals surface area (Å²) in [5.74, 6) is 0.982. The number of nitrogens with one attached hydrogen (secondary N) is 1. The Kier molecular flexibility index (Phi) is 4.38. The van der Waals surface area contributed by atoms with Crippen molar-refractivity contribution < 1.29 is 0 Å². The summed E-state index contributed by atoms with van der Waals surface area (Å²) in [5.41, 5.74) is 6.16. The second kappa shape index (κ2) is 6.97. The summed E-state index contributed by atoms with van der Waals surface area (Å²) in [7, 11) is 0. The third-order valence-electron chi connectivity index (χ3n) is 4.10. The van der Waals surface area contributed by atoms with E-state index in [4.69, 9.17) is 4.98 Å². The molecule has 6 heteroatoms. The van der Waals surface area contributed by atoms with Gasteiger partial charge in [0.05, 0.1) is 17.6 Å². The largest absolute Gasteiger partial charge is 0.289 e. The molecule has 1 aliphatic heterocycles. The van der Waals surface area contributed by atoms with Crippen LogP contribution >= 0.6 is 11.3 Å². The predicted octanol–water partition coefficient (Wildman–Crippen LogP) is 3.96. The van der Waals surface area contributed by atoms with E-state index < -0.39 is 0 Å². The fourth-order valence-corrected chi connectivity index (χ4v) is 3.59. The lowest BCUT2D eigenvalue weighted by Crippen LogP contribution is -2.17. The molecule has 1 aliphatic rings. The number of benzene rings is 1. The number of thiazole rings is 1. The zero-order valence-electron chi connectivity index (χ0n) is 13.4. The van der Waals surface area contributed by atoms with Crippen LogP contribution in [-0.2, 0) is 0 Å². The normalized spacial score (nSPS) is 15.6. The highest BCUT2D eigenvalue weighted by Crippen LogP contribution is 2.25. The number of fused-ring (bicyclic) bond motifs is 1. The van der Waals surface area contributed by atoms with Gasteiger partial charge in [-0.2, -0.15) is 5.10 Å². The Labute approximate surface area is 144 Å². The number of hydrogen-bond acceptors (Lipinski definition) is 5. The average Bonchev–Trinajstić information content (AvgIpc) is 3.10. The number of hydrogen-bond donors (Lipinski definition) is 1. The second-order valence-electron chi connectivity index (χ2n) is 5.78. The van der Waals surface area contributed by atoms with Gasteiger partial charge in [-0.25, -0.2) is 4.98 Å². The molecule has 122 valence electrons. The van der Waals surface area contributed by atoms with Gasteiger partial charge >= 0.3 is 0 Å². The molecule has 0 spiro atoms. The van der Waals surface area contributed by atoms with E-state index in [-0.39, 0.29) is 0 Å². The first-order chi connectivity index (χ1) is 11.9. The van der Waals surface area contributed by atoms with Gasteiger partial charge in [0, 0.05) is 30.1 Å². The van der Waals surface area contributed by atoms with Gasteiger partial charge in [-0.1, -0.05) is 36.8 Å². The molecule has 4 rings (SSSR count). The van der Waals surface area contributed by atoms with E-state index in [0.717, 1.165) is 40.7 Å². The molecule has 3 heterocycles. The quantitative estimate of drug-likeness (QED) is 0.581. The van der Waals surface area contributed by atoms with E-state index in [2.05, 4.69) is 32.1 Å². The Bertz CT molecular complexity index is 875. The number of rotatable bonds is 3. The van der Waals surface area contributed by atoms with Crippen molar-refractivity contribution in [2.45, 2.75) is 25.7 Å². The van der Waals surface area contributed by atoms with E-state index in [9.17, 15) is 0 Å². The molecule has 0 unspecified atom stereocenters. The summed E-state index contributed by atoms with van der Waals surface area (Å²) < 4.78 is 2.08. The Morgan fingerprint density at radius 1 is 1.17 bits per heavy atom. The maximum Gasteiger partial charge on any atom is 0.194 e. The Hall–Kier alpha value is -2.47. The lowest BCUT2D eigenvalue weighted by Gasteiger charge is -2.03. The molecule has 0 saturated carbocycles. The van der Waals surface area contributed by atoms with Crippen LogP contribution in [0, 0.1) is 0 Å². The van der Waals surface area contributed by atoms with Crippen LogP contribution in [0.4, 0.5) is 0 Å². The summed E-state index contributed by atoms with van der Waals surface area (Å²) >= 11 is 1.63. The molecule has 0 radical (unpaired) electrons. The van der Waals surface area contributed by atoms with E-state index in [1.54, 1.807) is 11.3 Å². The summed E-state index contributed by atoms with van der Waals surface area (Å²) in [6, 6.07) is 10.2. The predicted molar refractivity (Wildman–Crippen MR) is 100 cm³/mol. The average molecular weight is 337 g/mol. The minimum absolute atomic E-state index is 0.897. The number of imidazole rings is 1. The van der Waals surface area contributed by atoms with Crippen LogP contribution in [0.15, 0.2) is 52.0 Å². The Morgan fingerprint density at radius 2 is 2.08 bits per heavy atom. The minimum Gasteiger partial charge on any atom is -0.289 e. The molecule has 0 fully saturated rings. The van der Waals surface area contributed by atoms with Crippen molar-refractivity contribution in [1.29, 1.82) is 0 Å². The third kappa shape index (κ3) is 3.10. The van der Waals surface area contributed by atoms with Crippen LogP contribution in [-0.4, -0.2) is 28.0 Å². The molecule has 0 aliphatic carbocycles. The Morgan fingerprint density at radius 3 is 3.00 bits per heavy atom. The van der Waals surface area contributed by atoms with Crippen molar-refractivity contribution in [3.63, 3.8) is 0 Å². The molecule has 0 atom stereocenters. The second-order valence-corrected chi connectivity index (χ2v) is 6.65. The van der Waals surface area contributed by atoms with Crippen LogP contribution in [0.5, 0.6) is 0 Å². The SMILES string of the molecule is C(=N\NC1=NCCCCC1)/c1c(-c2ccccc2)nc2sccn12. The maximum absolute atomic E-state index is 4.76. The highest BCUT2D eigenvalue weighted by Gasteiger charge is 2.13. The zero-order valence-corrected chi connectivity index (χ0v) is 14.2. The summed E-state index contributed by atoms with van der Waals surface area (Å²) in [6.07, 6.45) is 8.45. The first-order valence-corrected chi connectivity index (χ1v) is 9.13. The zero-order chi connectivity index (χ0) is 16.2. The van der Waals surface area contributed by atoms with Crippen LogP contribution in [0.1, 0.15) is 31.4 Å². The molecule has 5 nitrogen and oxygen atoms in total. The fourth-order valence-electron chi connectivity index (χ4n) is 2.87. The monoisotopic (exact) mass is 337 g/mol. The van der Waals surface area contributed by atoms with Crippen LogP contribution in [0.3, 0.4) is 0 Å². The standard InChI is InChI=1S/C18H19N5S/c1-3-7-14(8-4-1)17-15(23-11-12-24-18(23)21-17)13-20-22-16-9-5-2-6-10-19-16/h1,3-4,7-8,11-13H,2,5-6,9-10H2,(H,19,22)/b20-13+. The molecule has 0 saturated heterocycles. The molecule has 1 N–H and O–H groups in total. The van der Waals surface area contributed by atoms with Gasteiger partial charge in [-0.3, -0.25) is 14.8 Å². The highest BCUT2D eigenvalue weighted by molar-refractivity contribution is 7.15. The third-order valence-corrected chi connectivity index (χ3v) is 4.86. The van der Waals surface area contributed by atoms with E-state index in [1.165, 1.54) is 19.3 Å². The number of aromatic nitrogens is 2. The van der Waals surface area contributed by atoms with Gasteiger partial charge in [0.15, 0.2) is 4.96 Å². The van der Waals surface area contributed by atoms with Gasteiger partial charge in [0.2, 0.25) is 0 Å². The van der Waals surface area contributed by atoms with Crippen molar-refractivity contribution in [2.24, 2.45) is 10.1 Å². The Balaban J connectivity index is 1.64. The minimum atomic E-state index is 0.897. The van der Waals surface area contributed by atoms with Crippen LogP contribution in [0.2, 0.25) is 0 Å². The number of amidine groups is 1. The van der Waals surface area contributed by atoms with Gasteiger partial charge in [-0.05, 0) is 12.8 Å². The van der Waals surface area contributed by atoms with Crippen molar-refractivity contribution in [1.82, 2.24) is 14.8 Å². The molecule has 2 aromatic heterocycles. The first-order valence-electron chi connectivity index (χ1n) is 8.25. The molecular weight excluding hydrogens is 318 g/mol. The first kappa shape index (κ1) is 15.1. The molecule has 0 amide bonds. The highest BCUT2D eigenvalue weighted by atomic mass is 32.1. The lowest BCUT2D eigenvalue weighted by atomic mass is 10.1. The number of hydrazone groups is 1. The number of aliphatic imine (C=N–C) groups is 1. The maximum atomic E-state index is 4.76. The van der Waals surface area contributed by atoms with Gasteiger partial charge in [-0.15, -0.1) is 11.3 Å². The summed E-state index contributed by atoms with van der Waals surface area (Å²) in [4.78, 5) is 10.3. The van der Waals surface area contributed by atoms with Crippen molar-refractivity contribution in [3.05, 3.63) is 47.6 Å². The van der Waals surface area contributed by atoms with E-state index in [0.29, 0.717) is 0 Å². The van der Waals surface area contributed by atoms with Crippen LogP contribution in [0.25, 0.3) is 16.2 Å². The molecule has 0 bridgehead atoms. The van der Waals surface area contributed by atoms with Crippen molar-refractivity contribution in [3.8, 4) is 11.3 Å². The van der Waals surface area contributed by atoms with E-state index in [1.807, 2.05) is 36.0 Å². The van der Waals surface area contributed by atoms with Gasteiger partial charge in [0.1, 0.15) is 5.84 Å². The molecular formula is C18H19N5S. The summed E-state index contributed by atoms with van der Waals surface area (Å²) in [6.45, 7) is 0.897. The fraction of sp³-hybridized carbons (Fsp3) is 0.278. The van der Waals surface area contributed by atoms with Crippen molar-refractivity contribution >= 4 is 28.3 Å². The molecule has 3 aromatic rings.